The summed E-state index contributed by atoms with van der Waals surface area (Å²) < 4.78 is 5.46. The quantitative estimate of drug-likeness (QED) is 0.728. The molecule has 1 heterocycles. The molecular weight excluding hydrogens is 250 g/mol. The predicted octanol–water partition coefficient (Wildman–Crippen LogP) is 4.27. The van der Waals surface area contributed by atoms with Crippen molar-refractivity contribution in [3.05, 3.63) is 24.0 Å². The van der Waals surface area contributed by atoms with Gasteiger partial charge in [-0.2, -0.15) is 0 Å². The van der Waals surface area contributed by atoms with Gasteiger partial charge in [-0.05, 0) is 38.2 Å². The van der Waals surface area contributed by atoms with E-state index in [0.29, 0.717) is 23.8 Å². The Morgan fingerprint density at radius 2 is 2.05 bits per heavy atom. The van der Waals surface area contributed by atoms with Crippen LogP contribution in [0.4, 0.5) is 0 Å². The van der Waals surface area contributed by atoms with E-state index in [4.69, 9.17) is 4.74 Å². The van der Waals surface area contributed by atoms with Gasteiger partial charge in [-0.1, -0.05) is 26.7 Å². The highest BCUT2D eigenvalue weighted by molar-refractivity contribution is 6.00. The van der Waals surface area contributed by atoms with Crippen LogP contribution in [-0.4, -0.2) is 17.4 Å². The Hall–Kier alpha value is -1.38. The maximum Gasteiger partial charge on any atom is 0.170 e. The number of carbonyl (C=O) groups is 1. The number of rotatable bonds is 6. The molecule has 0 spiro atoms. The third kappa shape index (κ3) is 3.20. The molecule has 0 bridgehead atoms. The molecule has 3 heteroatoms. The van der Waals surface area contributed by atoms with Crippen molar-refractivity contribution in [1.82, 2.24) is 4.98 Å². The van der Waals surface area contributed by atoms with Crippen LogP contribution >= 0.6 is 0 Å². The minimum Gasteiger partial charge on any atom is -0.492 e. The standard InChI is InChI=1S/C17H25NO2/c1-4-20-15-9-14(11-18-12-15)16(19)17(10-13(2)3)7-5-6-8-17/h9,11-13H,4-8,10H2,1-3H3. The van der Waals surface area contributed by atoms with Crippen molar-refractivity contribution in [2.75, 3.05) is 6.61 Å². The highest BCUT2D eigenvalue weighted by Crippen LogP contribution is 2.45. The van der Waals surface area contributed by atoms with E-state index in [9.17, 15) is 4.79 Å². The van der Waals surface area contributed by atoms with E-state index in [1.54, 1.807) is 12.4 Å². The molecule has 110 valence electrons. The number of nitrogens with zero attached hydrogens (tertiary/aromatic N) is 1. The number of hydrogen-bond donors (Lipinski definition) is 0. The largest absolute Gasteiger partial charge is 0.492 e. The van der Waals surface area contributed by atoms with Crippen LogP contribution in [0.3, 0.4) is 0 Å². The van der Waals surface area contributed by atoms with E-state index in [2.05, 4.69) is 18.8 Å². The number of hydrogen-bond acceptors (Lipinski definition) is 3. The molecule has 0 N–H and O–H groups in total. The van der Waals surface area contributed by atoms with Crippen LogP contribution in [0.1, 0.15) is 63.2 Å². The smallest absolute Gasteiger partial charge is 0.170 e. The fourth-order valence-electron chi connectivity index (χ4n) is 3.45. The van der Waals surface area contributed by atoms with Gasteiger partial charge in [0.25, 0.3) is 0 Å². The highest BCUT2D eigenvalue weighted by atomic mass is 16.5. The van der Waals surface area contributed by atoms with Gasteiger partial charge in [0.1, 0.15) is 5.75 Å². The summed E-state index contributed by atoms with van der Waals surface area (Å²) in [6.07, 6.45) is 8.69. The lowest BCUT2D eigenvalue weighted by Gasteiger charge is -2.29. The summed E-state index contributed by atoms with van der Waals surface area (Å²) in [5.74, 6) is 1.49. The number of ether oxygens (including phenoxy) is 1. The average molecular weight is 275 g/mol. The van der Waals surface area contributed by atoms with E-state index in [1.807, 2.05) is 13.0 Å². The molecule has 0 aliphatic heterocycles. The van der Waals surface area contributed by atoms with Crippen LogP contribution in [0.5, 0.6) is 5.75 Å². The molecule has 0 atom stereocenters. The summed E-state index contributed by atoms with van der Waals surface area (Å²) >= 11 is 0. The minimum absolute atomic E-state index is 0.166. The van der Waals surface area contributed by atoms with E-state index >= 15 is 0 Å². The molecule has 0 saturated heterocycles. The highest BCUT2D eigenvalue weighted by Gasteiger charge is 2.41. The lowest BCUT2D eigenvalue weighted by molar-refractivity contribution is 0.0759. The Morgan fingerprint density at radius 1 is 1.35 bits per heavy atom. The molecule has 2 rings (SSSR count). The van der Waals surface area contributed by atoms with Gasteiger partial charge in [0.05, 0.1) is 12.8 Å². The van der Waals surface area contributed by atoms with Crippen LogP contribution in [0, 0.1) is 11.3 Å². The van der Waals surface area contributed by atoms with Crippen molar-refractivity contribution < 1.29 is 9.53 Å². The molecule has 0 amide bonds. The number of aromatic nitrogens is 1. The maximum atomic E-state index is 13.0. The Kier molecular flexibility index (Phi) is 4.79. The van der Waals surface area contributed by atoms with E-state index in [1.165, 1.54) is 0 Å². The topological polar surface area (TPSA) is 39.2 Å². The summed E-state index contributed by atoms with van der Waals surface area (Å²) in [4.78, 5) is 17.1. The number of carbonyl (C=O) groups excluding carboxylic acids is 1. The molecule has 3 nitrogen and oxygen atoms in total. The molecule has 1 aliphatic carbocycles. The zero-order valence-corrected chi connectivity index (χ0v) is 12.8. The van der Waals surface area contributed by atoms with Crippen LogP contribution < -0.4 is 4.74 Å². The lowest BCUT2D eigenvalue weighted by atomic mass is 9.73. The van der Waals surface area contributed by atoms with Gasteiger partial charge >= 0.3 is 0 Å². The molecule has 1 aliphatic rings. The van der Waals surface area contributed by atoms with Gasteiger partial charge in [-0.25, -0.2) is 0 Å². The second-order valence-corrected chi connectivity index (χ2v) is 6.26. The normalized spacial score (nSPS) is 17.4. The number of pyridine rings is 1. The Bertz CT molecular complexity index is 462. The molecular formula is C17H25NO2. The van der Waals surface area contributed by atoms with Gasteiger partial charge in [0, 0.05) is 17.2 Å². The van der Waals surface area contributed by atoms with Crippen LogP contribution in [0.25, 0.3) is 0 Å². The van der Waals surface area contributed by atoms with Crippen LogP contribution in [-0.2, 0) is 0 Å². The average Bonchev–Trinajstić information content (AvgIpc) is 2.87. The second-order valence-electron chi connectivity index (χ2n) is 6.26. The first-order chi connectivity index (χ1) is 9.57. The van der Waals surface area contributed by atoms with Crippen molar-refractivity contribution in [3.63, 3.8) is 0 Å². The molecule has 1 aromatic rings. The Morgan fingerprint density at radius 3 is 2.65 bits per heavy atom. The number of ketones is 1. The third-order valence-corrected chi connectivity index (χ3v) is 4.13. The zero-order chi connectivity index (χ0) is 14.6. The Balaban J connectivity index is 2.25. The first kappa shape index (κ1) is 15.0. The van der Waals surface area contributed by atoms with Crippen molar-refractivity contribution in [2.24, 2.45) is 11.3 Å². The van der Waals surface area contributed by atoms with E-state index < -0.39 is 0 Å². The third-order valence-electron chi connectivity index (χ3n) is 4.13. The van der Waals surface area contributed by atoms with E-state index in [0.717, 1.165) is 32.1 Å². The molecule has 20 heavy (non-hydrogen) atoms. The molecule has 0 radical (unpaired) electrons. The monoisotopic (exact) mass is 275 g/mol. The van der Waals surface area contributed by atoms with Crippen molar-refractivity contribution >= 4 is 5.78 Å². The van der Waals surface area contributed by atoms with Crippen molar-refractivity contribution in [1.29, 1.82) is 0 Å². The minimum atomic E-state index is -0.166. The lowest BCUT2D eigenvalue weighted by Crippen LogP contribution is -2.30. The molecule has 1 aromatic heterocycles. The van der Waals surface area contributed by atoms with Gasteiger partial charge in [-0.15, -0.1) is 0 Å². The van der Waals surface area contributed by atoms with Crippen molar-refractivity contribution in [3.8, 4) is 5.75 Å². The molecule has 1 fully saturated rings. The summed E-state index contributed by atoms with van der Waals surface area (Å²) in [6, 6.07) is 1.85. The summed E-state index contributed by atoms with van der Waals surface area (Å²) in [6.45, 7) is 6.92. The summed E-state index contributed by atoms with van der Waals surface area (Å²) in [5.41, 5.74) is 0.541. The fourth-order valence-corrected chi connectivity index (χ4v) is 3.45. The summed E-state index contributed by atoms with van der Waals surface area (Å²) in [5, 5.41) is 0. The maximum absolute atomic E-state index is 13.0. The second kappa shape index (κ2) is 6.38. The van der Waals surface area contributed by atoms with Gasteiger partial charge in [0.15, 0.2) is 5.78 Å². The fraction of sp³-hybridized carbons (Fsp3) is 0.647. The zero-order valence-electron chi connectivity index (χ0n) is 12.8. The van der Waals surface area contributed by atoms with Crippen molar-refractivity contribution in [2.45, 2.75) is 52.9 Å². The number of Topliss-reactive ketones (excluding diaryl/α,β-unsaturated/α-hetero) is 1. The molecule has 1 saturated carbocycles. The van der Waals surface area contributed by atoms with Crippen LogP contribution in [0.2, 0.25) is 0 Å². The van der Waals surface area contributed by atoms with E-state index in [-0.39, 0.29) is 11.2 Å². The SMILES string of the molecule is CCOc1cncc(C(=O)C2(CC(C)C)CCCC2)c1. The first-order valence-corrected chi connectivity index (χ1v) is 7.70. The molecule has 0 unspecified atom stereocenters. The van der Waals surface area contributed by atoms with Crippen LogP contribution in [0.15, 0.2) is 18.5 Å². The first-order valence-electron chi connectivity index (χ1n) is 7.70. The van der Waals surface area contributed by atoms with Gasteiger partial charge in [0.2, 0.25) is 0 Å². The molecule has 0 aromatic carbocycles. The van der Waals surface area contributed by atoms with Gasteiger partial charge < -0.3 is 4.74 Å². The van der Waals surface area contributed by atoms with Gasteiger partial charge in [-0.3, -0.25) is 9.78 Å². The Labute approximate surface area is 121 Å². The summed E-state index contributed by atoms with van der Waals surface area (Å²) in [7, 11) is 0. The predicted molar refractivity (Wildman–Crippen MR) is 80.1 cm³/mol.